The summed E-state index contributed by atoms with van der Waals surface area (Å²) in [7, 11) is 1.40. The first-order chi connectivity index (χ1) is 8.29. The summed E-state index contributed by atoms with van der Waals surface area (Å²) in [6.45, 7) is 7.50. The first-order valence-electron chi connectivity index (χ1n) is 6.57. The molecule has 0 aliphatic carbocycles. The fourth-order valence-electron chi connectivity index (χ4n) is 1.59. The van der Waals surface area contributed by atoms with E-state index in [-0.39, 0.29) is 18.0 Å². The van der Waals surface area contributed by atoms with Gasteiger partial charge in [-0.3, -0.25) is 9.59 Å². The van der Waals surface area contributed by atoms with Gasteiger partial charge in [0.15, 0.2) is 0 Å². The molecule has 4 heteroatoms. The van der Waals surface area contributed by atoms with Crippen molar-refractivity contribution in [3.05, 3.63) is 0 Å². The average molecular weight is 258 g/mol. The van der Waals surface area contributed by atoms with Crippen molar-refractivity contribution in [2.75, 3.05) is 7.11 Å². The zero-order chi connectivity index (χ0) is 14.2. The Kier molecular flexibility index (Phi) is 7.64. The molecule has 0 saturated heterocycles. The number of carbonyl (C=O) groups excluding carboxylic acids is 2. The molecule has 106 valence electrons. The Morgan fingerprint density at radius 2 is 1.72 bits per heavy atom. The summed E-state index contributed by atoms with van der Waals surface area (Å²) in [6, 6.07) is 0. The topological polar surface area (TPSA) is 52.6 Å². The molecule has 0 spiro atoms. The van der Waals surface area contributed by atoms with E-state index >= 15 is 0 Å². The van der Waals surface area contributed by atoms with Crippen molar-refractivity contribution < 1.29 is 19.1 Å². The number of esters is 2. The zero-order valence-electron chi connectivity index (χ0n) is 12.2. The Balaban J connectivity index is 3.83. The fourth-order valence-corrected chi connectivity index (χ4v) is 1.59. The third-order valence-corrected chi connectivity index (χ3v) is 2.81. The average Bonchev–Trinajstić information content (AvgIpc) is 2.27. The van der Waals surface area contributed by atoms with E-state index in [1.807, 2.05) is 27.7 Å². The van der Waals surface area contributed by atoms with Gasteiger partial charge in [0.25, 0.3) is 0 Å². The van der Waals surface area contributed by atoms with E-state index in [0.717, 1.165) is 25.7 Å². The van der Waals surface area contributed by atoms with Crippen LogP contribution in [0.15, 0.2) is 0 Å². The Hall–Kier alpha value is -1.06. The molecule has 0 bridgehead atoms. The molecule has 0 aromatic carbocycles. The molecule has 0 heterocycles. The van der Waals surface area contributed by atoms with Gasteiger partial charge in [-0.15, -0.1) is 0 Å². The number of rotatable bonds is 8. The van der Waals surface area contributed by atoms with Crippen molar-refractivity contribution in [3.63, 3.8) is 0 Å². The molecule has 0 aliphatic rings. The highest BCUT2D eigenvalue weighted by Crippen LogP contribution is 2.26. The van der Waals surface area contributed by atoms with Crippen LogP contribution in [0, 0.1) is 5.41 Å². The SMILES string of the molecule is COC(=O)CCCCCC(C)(C)C(=O)OC(C)C. The second kappa shape index (κ2) is 8.11. The van der Waals surface area contributed by atoms with Gasteiger partial charge in [0.1, 0.15) is 0 Å². The monoisotopic (exact) mass is 258 g/mol. The lowest BCUT2D eigenvalue weighted by molar-refractivity contribution is -0.158. The van der Waals surface area contributed by atoms with Crippen LogP contribution in [0.5, 0.6) is 0 Å². The van der Waals surface area contributed by atoms with Gasteiger partial charge in [0.2, 0.25) is 0 Å². The normalized spacial score (nSPS) is 11.4. The summed E-state index contributed by atoms with van der Waals surface area (Å²) < 4.78 is 9.78. The summed E-state index contributed by atoms with van der Waals surface area (Å²) >= 11 is 0. The number of hydrogen-bond acceptors (Lipinski definition) is 4. The number of unbranched alkanes of at least 4 members (excludes halogenated alkanes) is 2. The summed E-state index contributed by atoms with van der Waals surface area (Å²) in [5, 5.41) is 0. The van der Waals surface area contributed by atoms with Crippen molar-refractivity contribution >= 4 is 11.9 Å². The number of carbonyl (C=O) groups is 2. The second-order valence-corrected chi connectivity index (χ2v) is 5.47. The van der Waals surface area contributed by atoms with E-state index in [0.29, 0.717) is 6.42 Å². The summed E-state index contributed by atoms with van der Waals surface area (Å²) in [5.74, 6) is -0.320. The van der Waals surface area contributed by atoms with Crippen LogP contribution in [-0.2, 0) is 19.1 Å². The van der Waals surface area contributed by atoms with E-state index in [2.05, 4.69) is 4.74 Å². The molecule has 0 saturated carbocycles. The molecule has 4 nitrogen and oxygen atoms in total. The molecule has 0 unspecified atom stereocenters. The van der Waals surface area contributed by atoms with E-state index < -0.39 is 5.41 Å². The lowest BCUT2D eigenvalue weighted by Gasteiger charge is -2.23. The van der Waals surface area contributed by atoms with Crippen LogP contribution in [0.4, 0.5) is 0 Å². The smallest absolute Gasteiger partial charge is 0.311 e. The fraction of sp³-hybridized carbons (Fsp3) is 0.857. The van der Waals surface area contributed by atoms with Gasteiger partial charge in [0.05, 0.1) is 18.6 Å². The van der Waals surface area contributed by atoms with Crippen LogP contribution in [0.2, 0.25) is 0 Å². The molecule has 0 fully saturated rings. The van der Waals surface area contributed by atoms with Gasteiger partial charge < -0.3 is 9.47 Å². The van der Waals surface area contributed by atoms with Gasteiger partial charge >= 0.3 is 11.9 Å². The van der Waals surface area contributed by atoms with Gasteiger partial charge in [0, 0.05) is 6.42 Å². The molecule has 0 rings (SSSR count). The largest absolute Gasteiger partial charge is 0.469 e. The minimum Gasteiger partial charge on any atom is -0.469 e. The van der Waals surface area contributed by atoms with Crippen molar-refractivity contribution in [2.45, 2.75) is 65.9 Å². The molecular formula is C14H26O4. The molecule has 0 amide bonds. The summed E-state index contributed by atoms with van der Waals surface area (Å²) in [6.07, 6.45) is 3.80. The lowest BCUT2D eigenvalue weighted by Crippen LogP contribution is -2.28. The molecule has 0 aromatic heterocycles. The maximum Gasteiger partial charge on any atom is 0.311 e. The standard InChI is InChI=1S/C14H26O4/c1-11(2)18-13(16)14(3,4)10-8-6-7-9-12(15)17-5/h11H,6-10H2,1-5H3. The molecular weight excluding hydrogens is 232 g/mol. The Morgan fingerprint density at radius 1 is 1.11 bits per heavy atom. The second-order valence-electron chi connectivity index (χ2n) is 5.47. The van der Waals surface area contributed by atoms with Gasteiger partial charge in [-0.2, -0.15) is 0 Å². The van der Waals surface area contributed by atoms with Crippen LogP contribution in [0.25, 0.3) is 0 Å². The molecule has 18 heavy (non-hydrogen) atoms. The highest BCUT2D eigenvalue weighted by Gasteiger charge is 2.29. The van der Waals surface area contributed by atoms with E-state index in [9.17, 15) is 9.59 Å². The number of ether oxygens (including phenoxy) is 2. The number of methoxy groups -OCH3 is 1. The molecule has 0 aliphatic heterocycles. The van der Waals surface area contributed by atoms with Crippen LogP contribution in [0.1, 0.15) is 59.8 Å². The predicted octanol–water partition coefficient (Wildman–Crippen LogP) is 3.09. The third-order valence-electron chi connectivity index (χ3n) is 2.81. The van der Waals surface area contributed by atoms with Gasteiger partial charge in [-0.25, -0.2) is 0 Å². The Bertz CT molecular complexity index is 269. The van der Waals surface area contributed by atoms with E-state index in [1.54, 1.807) is 0 Å². The van der Waals surface area contributed by atoms with Gasteiger partial charge in [-0.05, 0) is 40.5 Å². The molecule has 0 aromatic rings. The zero-order valence-corrected chi connectivity index (χ0v) is 12.2. The summed E-state index contributed by atoms with van der Waals surface area (Å²) in [5.41, 5.74) is -0.449. The molecule has 0 radical (unpaired) electrons. The van der Waals surface area contributed by atoms with E-state index in [1.165, 1.54) is 7.11 Å². The van der Waals surface area contributed by atoms with Crippen LogP contribution in [-0.4, -0.2) is 25.2 Å². The highest BCUT2D eigenvalue weighted by atomic mass is 16.5. The highest BCUT2D eigenvalue weighted by molar-refractivity contribution is 5.76. The van der Waals surface area contributed by atoms with Crippen LogP contribution < -0.4 is 0 Å². The summed E-state index contributed by atoms with van der Waals surface area (Å²) in [4.78, 5) is 22.7. The van der Waals surface area contributed by atoms with E-state index in [4.69, 9.17) is 4.74 Å². The maximum absolute atomic E-state index is 11.8. The van der Waals surface area contributed by atoms with Crippen LogP contribution in [0.3, 0.4) is 0 Å². The minimum absolute atomic E-state index is 0.0731. The Labute approximate surface area is 110 Å². The van der Waals surface area contributed by atoms with Crippen molar-refractivity contribution in [1.82, 2.24) is 0 Å². The van der Waals surface area contributed by atoms with Crippen molar-refractivity contribution in [2.24, 2.45) is 5.41 Å². The molecule has 0 atom stereocenters. The first-order valence-corrected chi connectivity index (χ1v) is 6.57. The predicted molar refractivity (Wildman–Crippen MR) is 70.1 cm³/mol. The minimum atomic E-state index is -0.449. The Morgan fingerprint density at radius 3 is 2.22 bits per heavy atom. The van der Waals surface area contributed by atoms with Gasteiger partial charge in [-0.1, -0.05) is 12.8 Å². The quantitative estimate of drug-likeness (QED) is 0.496. The van der Waals surface area contributed by atoms with Crippen molar-refractivity contribution in [3.8, 4) is 0 Å². The first kappa shape index (κ1) is 16.9. The maximum atomic E-state index is 11.8. The molecule has 0 N–H and O–H groups in total. The number of hydrogen-bond donors (Lipinski definition) is 0. The third kappa shape index (κ3) is 7.30. The van der Waals surface area contributed by atoms with Crippen molar-refractivity contribution in [1.29, 1.82) is 0 Å². The lowest BCUT2D eigenvalue weighted by atomic mass is 9.87. The van der Waals surface area contributed by atoms with Crippen LogP contribution >= 0.6 is 0 Å².